The SMILES string of the molecule is CC(=O)Nc1ccc(C)c(S(=O)(=O)Nc2ncc[nH]2)c1. The molecule has 0 aliphatic heterocycles. The molecule has 1 heterocycles. The summed E-state index contributed by atoms with van der Waals surface area (Å²) in [7, 11) is -3.77. The molecule has 20 heavy (non-hydrogen) atoms. The molecule has 2 rings (SSSR count). The van der Waals surface area contributed by atoms with E-state index in [1.807, 2.05) is 0 Å². The Morgan fingerprint density at radius 2 is 2.10 bits per heavy atom. The number of carbonyl (C=O) groups excluding carboxylic acids is 1. The molecule has 3 N–H and O–H groups in total. The number of hydrogen-bond acceptors (Lipinski definition) is 4. The fourth-order valence-corrected chi connectivity index (χ4v) is 2.92. The van der Waals surface area contributed by atoms with E-state index in [9.17, 15) is 13.2 Å². The summed E-state index contributed by atoms with van der Waals surface area (Å²) in [6.07, 6.45) is 2.96. The van der Waals surface area contributed by atoms with Crippen LogP contribution in [-0.4, -0.2) is 24.3 Å². The van der Waals surface area contributed by atoms with Crippen molar-refractivity contribution in [2.75, 3.05) is 10.0 Å². The predicted octanol–water partition coefficient (Wildman–Crippen LogP) is 1.48. The molecule has 0 aliphatic carbocycles. The lowest BCUT2D eigenvalue weighted by Crippen LogP contribution is -2.16. The van der Waals surface area contributed by atoms with Crippen molar-refractivity contribution in [1.82, 2.24) is 9.97 Å². The number of rotatable bonds is 4. The molecule has 0 atom stereocenters. The van der Waals surface area contributed by atoms with Gasteiger partial charge in [0.2, 0.25) is 11.9 Å². The average Bonchev–Trinajstić information content (AvgIpc) is 2.82. The van der Waals surface area contributed by atoms with E-state index in [4.69, 9.17) is 0 Å². The summed E-state index contributed by atoms with van der Waals surface area (Å²) in [6, 6.07) is 4.67. The number of amides is 1. The first-order chi connectivity index (χ1) is 9.38. The van der Waals surface area contributed by atoms with Crippen LogP contribution in [0.4, 0.5) is 11.6 Å². The van der Waals surface area contributed by atoms with Crippen molar-refractivity contribution in [1.29, 1.82) is 0 Å². The van der Waals surface area contributed by atoms with Gasteiger partial charge < -0.3 is 10.3 Å². The molecule has 1 amide bonds. The molecule has 106 valence electrons. The molecule has 0 fully saturated rings. The van der Waals surface area contributed by atoms with Gasteiger partial charge in [-0.2, -0.15) is 0 Å². The number of aryl methyl sites for hydroxylation is 1. The second-order valence-corrected chi connectivity index (χ2v) is 5.86. The number of hydrogen-bond donors (Lipinski definition) is 3. The Bertz CT molecular complexity index is 723. The van der Waals surface area contributed by atoms with Crippen LogP contribution in [-0.2, 0) is 14.8 Å². The topological polar surface area (TPSA) is 104 Å². The van der Waals surface area contributed by atoms with Gasteiger partial charge in [0, 0.05) is 25.0 Å². The molecule has 0 unspecified atom stereocenters. The quantitative estimate of drug-likeness (QED) is 0.794. The lowest BCUT2D eigenvalue weighted by Gasteiger charge is -2.10. The van der Waals surface area contributed by atoms with Crippen LogP contribution in [0.15, 0.2) is 35.5 Å². The van der Waals surface area contributed by atoms with E-state index < -0.39 is 10.0 Å². The molecule has 0 bridgehead atoms. The van der Waals surface area contributed by atoms with Crippen molar-refractivity contribution in [2.45, 2.75) is 18.7 Å². The van der Waals surface area contributed by atoms with Gasteiger partial charge >= 0.3 is 0 Å². The molecule has 0 saturated heterocycles. The largest absolute Gasteiger partial charge is 0.330 e. The van der Waals surface area contributed by atoms with Crippen LogP contribution < -0.4 is 10.0 Å². The van der Waals surface area contributed by atoms with E-state index in [1.165, 1.54) is 25.4 Å². The number of sulfonamides is 1. The first kappa shape index (κ1) is 14.1. The Morgan fingerprint density at radius 1 is 1.35 bits per heavy atom. The number of anilines is 2. The van der Waals surface area contributed by atoms with Crippen molar-refractivity contribution in [2.24, 2.45) is 0 Å². The molecule has 1 aromatic carbocycles. The number of carbonyl (C=O) groups is 1. The number of aromatic nitrogens is 2. The Morgan fingerprint density at radius 3 is 2.70 bits per heavy atom. The van der Waals surface area contributed by atoms with Crippen LogP contribution in [0, 0.1) is 6.92 Å². The van der Waals surface area contributed by atoms with Crippen molar-refractivity contribution < 1.29 is 13.2 Å². The fourth-order valence-electron chi connectivity index (χ4n) is 1.67. The number of nitrogens with zero attached hydrogens (tertiary/aromatic N) is 1. The molecular weight excluding hydrogens is 280 g/mol. The number of nitrogens with one attached hydrogen (secondary N) is 3. The maximum atomic E-state index is 12.3. The predicted molar refractivity (Wildman–Crippen MR) is 74.9 cm³/mol. The van der Waals surface area contributed by atoms with Crippen LogP contribution in [0.2, 0.25) is 0 Å². The molecule has 2 aromatic rings. The van der Waals surface area contributed by atoms with E-state index in [0.29, 0.717) is 11.3 Å². The van der Waals surface area contributed by atoms with Crippen molar-refractivity contribution in [3.05, 3.63) is 36.2 Å². The zero-order valence-electron chi connectivity index (χ0n) is 11.0. The number of H-pyrrole nitrogens is 1. The molecule has 7 nitrogen and oxygen atoms in total. The van der Waals surface area contributed by atoms with Gasteiger partial charge in [0.1, 0.15) is 0 Å². The maximum Gasteiger partial charge on any atom is 0.264 e. The molecule has 0 spiro atoms. The summed E-state index contributed by atoms with van der Waals surface area (Å²) in [5.74, 6) is -0.134. The van der Waals surface area contributed by atoms with Gasteiger partial charge in [-0.3, -0.25) is 4.79 Å². The number of aromatic amines is 1. The Labute approximate surface area is 116 Å². The highest BCUT2D eigenvalue weighted by atomic mass is 32.2. The molecule has 8 heteroatoms. The van der Waals surface area contributed by atoms with Gasteiger partial charge in [0.15, 0.2) is 0 Å². The third kappa shape index (κ3) is 3.15. The smallest absolute Gasteiger partial charge is 0.264 e. The summed E-state index contributed by atoms with van der Waals surface area (Å²) >= 11 is 0. The van der Waals surface area contributed by atoms with Crippen LogP contribution in [0.5, 0.6) is 0 Å². The highest BCUT2D eigenvalue weighted by Gasteiger charge is 2.18. The van der Waals surface area contributed by atoms with E-state index >= 15 is 0 Å². The third-order valence-electron chi connectivity index (χ3n) is 2.53. The standard InChI is InChI=1S/C12H14N4O3S/c1-8-3-4-10(15-9(2)17)7-11(8)20(18,19)16-12-13-5-6-14-12/h3-7H,1-2H3,(H,15,17)(H2,13,14,16). The summed E-state index contributed by atoms with van der Waals surface area (Å²) in [5.41, 5.74) is 0.987. The average molecular weight is 294 g/mol. The van der Waals surface area contributed by atoms with Crippen molar-refractivity contribution >= 4 is 27.6 Å². The van der Waals surface area contributed by atoms with Crippen LogP contribution in [0.3, 0.4) is 0 Å². The summed E-state index contributed by atoms with van der Waals surface area (Å²) in [4.78, 5) is 17.6. The van der Waals surface area contributed by atoms with E-state index in [1.54, 1.807) is 19.1 Å². The van der Waals surface area contributed by atoms with E-state index in [-0.39, 0.29) is 16.8 Å². The van der Waals surface area contributed by atoms with Gasteiger partial charge in [0.25, 0.3) is 10.0 Å². The Balaban J connectivity index is 2.37. The second-order valence-electron chi connectivity index (χ2n) is 4.20. The minimum Gasteiger partial charge on any atom is -0.330 e. The lowest BCUT2D eigenvalue weighted by atomic mass is 10.2. The third-order valence-corrected chi connectivity index (χ3v) is 4.01. The Kier molecular flexibility index (Phi) is 3.75. The van der Waals surface area contributed by atoms with Gasteiger partial charge in [-0.1, -0.05) is 6.07 Å². The summed E-state index contributed by atoms with van der Waals surface area (Å²) < 4.78 is 26.9. The zero-order valence-corrected chi connectivity index (χ0v) is 11.8. The monoisotopic (exact) mass is 294 g/mol. The number of imidazole rings is 1. The minimum absolute atomic E-state index is 0.0835. The Hall–Kier alpha value is -2.35. The van der Waals surface area contributed by atoms with Gasteiger partial charge in [-0.05, 0) is 24.6 Å². The van der Waals surface area contributed by atoms with E-state index in [0.717, 1.165) is 0 Å². The zero-order chi connectivity index (χ0) is 14.8. The highest BCUT2D eigenvalue weighted by molar-refractivity contribution is 7.92. The van der Waals surface area contributed by atoms with Crippen molar-refractivity contribution in [3.63, 3.8) is 0 Å². The normalized spacial score (nSPS) is 11.1. The molecular formula is C12H14N4O3S. The van der Waals surface area contributed by atoms with Crippen molar-refractivity contribution in [3.8, 4) is 0 Å². The first-order valence-corrected chi connectivity index (χ1v) is 7.27. The van der Waals surface area contributed by atoms with E-state index in [2.05, 4.69) is 20.0 Å². The van der Waals surface area contributed by atoms with Crippen LogP contribution in [0.1, 0.15) is 12.5 Å². The minimum atomic E-state index is -3.77. The summed E-state index contributed by atoms with van der Waals surface area (Å²) in [5, 5.41) is 2.55. The lowest BCUT2D eigenvalue weighted by molar-refractivity contribution is -0.114. The van der Waals surface area contributed by atoms with Gasteiger partial charge in [0.05, 0.1) is 4.90 Å². The second kappa shape index (κ2) is 5.33. The summed E-state index contributed by atoms with van der Waals surface area (Å²) in [6.45, 7) is 3.03. The molecule has 0 aliphatic rings. The molecule has 0 radical (unpaired) electrons. The fraction of sp³-hybridized carbons (Fsp3) is 0.167. The van der Waals surface area contributed by atoms with Gasteiger partial charge in [-0.25, -0.2) is 18.1 Å². The number of benzene rings is 1. The maximum absolute atomic E-state index is 12.3. The molecule has 1 aromatic heterocycles. The highest BCUT2D eigenvalue weighted by Crippen LogP contribution is 2.21. The van der Waals surface area contributed by atoms with Gasteiger partial charge in [-0.15, -0.1) is 0 Å². The van der Waals surface area contributed by atoms with Crippen LogP contribution >= 0.6 is 0 Å². The first-order valence-electron chi connectivity index (χ1n) is 5.79. The van der Waals surface area contributed by atoms with Crippen LogP contribution in [0.25, 0.3) is 0 Å². The molecule has 0 saturated carbocycles.